The van der Waals surface area contributed by atoms with Gasteiger partial charge in [-0.05, 0) is 25.7 Å². The minimum Gasteiger partial charge on any atom is -0.393 e. The van der Waals surface area contributed by atoms with Crippen LogP contribution in [-0.2, 0) is 4.79 Å². The molecule has 0 unspecified atom stereocenters. The molecule has 0 aromatic heterocycles. The molecular formula is C16H30O2. The lowest BCUT2D eigenvalue weighted by molar-refractivity contribution is -0.119. The zero-order valence-corrected chi connectivity index (χ0v) is 11.8. The van der Waals surface area contributed by atoms with E-state index in [1.165, 1.54) is 38.5 Å². The number of hydrogen-bond acceptors (Lipinski definition) is 2. The molecule has 18 heavy (non-hydrogen) atoms. The maximum atomic E-state index is 11.6. The number of Topliss-reactive ketones (excluding diaryl/α,β-unsaturated/α-hetero) is 1. The average Bonchev–Trinajstić information content (AvgIpc) is 2.35. The smallest absolute Gasteiger partial charge is 0.132 e. The molecule has 106 valence electrons. The van der Waals surface area contributed by atoms with Crippen molar-refractivity contribution in [2.45, 2.75) is 96.0 Å². The number of carbonyl (C=O) groups is 1. The maximum Gasteiger partial charge on any atom is 0.132 e. The first-order chi connectivity index (χ1) is 8.79. The summed E-state index contributed by atoms with van der Waals surface area (Å²) in [4.78, 5) is 11.6. The molecule has 0 aliphatic heterocycles. The van der Waals surface area contributed by atoms with Gasteiger partial charge in [0.25, 0.3) is 0 Å². The molecule has 2 heteroatoms. The third-order valence-corrected chi connectivity index (χ3v) is 3.99. The highest BCUT2D eigenvalue weighted by Gasteiger charge is 2.06. The first-order valence-electron chi connectivity index (χ1n) is 7.99. The van der Waals surface area contributed by atoms with E-state index in [1.54, 1.807) is 0 Å². The summed E-state index contributed by atoms with van der Waals surface area (Å²) in [6.45, 7) is 0. The van der Waals surface area contributed by atoms with Crippen molar-refractivity contribution in [3.63, 3.8) is 0 Å². The molecule has 0 aromatic rings. The van der Waals surface area contributed by atoms with Crippen molar-refractivity contribution >= 4 is 5.78 Å². The van der Waals surface area contributed by atoms with Crippen LogP contribution in [0.2, 0.25) is 0 Å². The second kappa shape index (κ2) is 10.5. The summed E-state index contributed by atoms with van der Waals surface area (Å²) in [5.74, 6) is 0.470. The zero-order chi connectivity index (χ0) is 13.1. The lowest BCUT2D eigenvalue weighted by Crippen LogP contribution is -2.06. The van der Waals surface area contributed by atoms with E-state index in [9.17, 15) is 9.90 Å². The van der Waals surface area contributed by atoms with Gasteiger partial charge < -0.3 is 5.11 Å². The van der Waals surface area contributed by atoms with E-state index in [0.29, 0.717) is 5.78 Å². The van der Waals surface area contributed by atoms with Crippen molar-refractivity contribution in [2.24, 2.45) is 0 Å². The lowest BCUT2D eigenvalue weighted by Gasteiger charge is -2.10. The quantitative estimate of drug-likeness (QED) is 0.696. The summed E-state index contributed by atoms with van der Waals surface area (Å²) in [6.07, 6.45) is 15.1. The van der Waals surface area contributed by atoms with Crippen LogP contribution in [0.25, 0.3) is 0 Å². The summed E-state index contributed by atoms with van der Waals surface area (Å²) in [6, 6.07) is 0. The fourth-order valence-corrected chi connectivity index (χ4v) is 2.73. The van der Waals surface area contributed by atoms with Crippen LogP contribution < -0.4 is 0 Å². The first-order valence-corrected chi connectivity index (χ1v) is 7.99. The van der Waals surface area contributed by atoms with Crippen LogP contribution in [0.5, 0.6) is 0 Å². The molecule has 0 heterocycles. The summed E-state index contributed by atoms with van der Waals surface area (Å²) in [5.41, 5.74) is 0. The van der Waals surface area contributed by atoms with Crippen LogP contribution in [0.4, 0.5) is 0 Å². The van der Waals surface area contributed by atoms with Gasteiger partial charge in [-0.15, -0.1) is 0 Å². The van der Waals surface area contributed by atoms with Crippen molar-refractivity contribution in [2.75, 3.05) is 0 Å². The normalized spacial score (nSPS) is 23.9. The molecule has 1 fully saturated rings. The van der Waals surface area contributed by atoms with Crippen molar-refractivity contribution in [1.82, 2.24) is 0 Å². The number of carbonyl (C=O) groups excluding carboxylic acids is 1. The molecule has 2 nitrogen and oxygen atoms in total. The highest BCUT2D eigenvalue weighted by Crippen LogP contribution is 2.15. The topological polar surface area (TPSA) is 37.3 Å². The molecule has 0 spiro atoms. The second-order valence-electron chi connectivity index (χ2n) is 5.81. The molecule has 1 saturated carbocycles. The van der Waals surface area contributed by atoms with E-state index in [0.717, 1.165) is 51.4 Å². The predicted octanol–water partition coefficient (Wildman–Crippen LogP) is 4.39. The summed E-state index contributed by atoms with van der Waals surface area (Å²) in [7, 11) is 0. The summed E-state index contributed by atoms with van der Waals surface area (Å²) in [5, 5.41) is 9.81. The van der Waals surface area contributed by atoms with Gasteiger partial charge in [-0.3, -0.25) is 4.79 Å². The molecule has 0 saturated heterocycles. The van der Waals surface area contributed by atoms with Gasteiger partial charge in [0.15, 0.2) is 0 Å². The largest absolute Gasteiger partial charge is 0.393 e. The number of rotatable bonds is 0. The molecule has 0 aromatic carbocycles. The third kappa shape index (κ3) is 8.68. The van der Waals surface area contributed by atoms with Crippen LogP contribution in [0.15, 0.2) is 0 Å². The van der Waals surface area contributed by atoms with E-state index in [2.05, 4.69) is 0 Å². The molecule has 1 rings (SSSR count). The van der Waals surface area contributed by atoms with Crippen molar-refractivity contribution in [3.05, 3.63) is 0 Å². The molecule has 0 bridgehead atoms. The van der Waals surface area contributed by atoms with Crippen molar-refractivity contribution < 1.29 is 9.90 Å². The minimum atomic E-state index is -0.0699. The number of ketones is 1. The zero-order valence-electron chi connectivity index (χ0n) is 11.8. The summed E-state index contributed by atoms with van der Waals surface area (Å²) >= 11 is 0. The van der Waals surface area contributed by atoms with Gasteiger partial charge in [-0.25, -0.2) is 0 Å². The van der Waals surface area contributed by atoms with E-state index in [1.807, 2.05) is 0 Å². The van der Waals surface area contributed by atoms with E-state index in [-0.39, 0.29) is 6.10 Å². The number of aliphatic hydroxyl groups is 1. The maximum absolute atomic E-state index is 11.6. The number of aliphatic hydroxyl groups excluding tert-OH is 1. The van der Waals surface area contributed by atoms with E-state index >= 15 is 0 Å². The van der Waals surface area contributed by atoms with Crippen LogP contribution in [0.3, 0.4) is 0 Å². The third-order valence-electron chi connectivity index (χ3n) is 3.99. The Morgan fingerprint density at radius 1 is 0.667 bits per heavy atom. The lowest BCUT2D eigenvalue weighted by atomic mass is 9.99. The average molecular weight is 254 g/mol. The fourth-order valence-electron chi connectivity index (χ4n) is 2.73. The monoisotopic (exact) mass is 254 g/mol. The minimum absolute atomic E-state index is 0.0699. The van der Waals surface area contributed by atoms with Gasteiger partial charge >= 0.3 is 0 Å². The molecular weight excluding hydrogens is 224 g/mol. The Hall–Kier alpha value is -0.370. The van der Waals surface area contributed by atoms with E-state index < -0.39 is 0 Å². The number of hydrogen-bond donors (Lipinski definition) is 1. The Bertz CT molecular complexity index is 193. The fraction of sp³-hybridized carbons (Fsp3) is 0.938. The van der Waals surface area contributed by atoms with Gasteiger partial charge in [0, 0.05) is 12.8 Å². The first kappa shape index (κ1) is 15.7. The van der Waals surface area contributed by atoms with Gasteiger partial charge in [-0.1, -0.05) is 51.4 Å². The summed E-state index contributed by atoms with van der Waals surface area (Å²) < 4.78 is 0. The Kier molecular flexibility index (Phi) is 9.19. The van der Waals surface area contributed by atoms with Crippen LogP contribution in [0, 0.1) is 0 Å². The van der Waals surface area contributed by atoms with Crippen molar-refractivity contribution in [3.8, 4) is 0 Å². The standard InChI is InChI=1S/C16H30O2/c17-15-11-7-3-1-4-8-12-16(18)14-10-6-2-5-9-13-15/h15,17H,1-14H2. The van der Waals surface area contributed by atoms with Crippen LogP contribution >= 0.6 is 0 Å². The highest BCUT2D eigenvalue weighted by atomic mass is 16.3. The highest BCUT2D eigenvalue weighted by molar-refractivity contribution is 5.78. The molecule has 1 N–H and O–H groups in total. The van der Waals surface area contributed by atoms with Gasteiger partial charge in [0.05, 0.1) is 6.10 Å². The SMILES string of the molecule is O=C1CCCCCCCC(O)CCCCCCC1. The van der Waals surface area contributed by atoms with E-state index in [4.69, 9.17) is 0 Å². The molecule has 0 amide bonds. The molecule has 0 radical (unpaired) electrons. The Balaban J connectivity index is 2.19. The van der Waals surface area contributed by atoms with Gasteiger partial charge in [-0.2, -0.15) is 0 Å². The molecule has 1 aliphatic carbocycles. The Labute approximate surface area is 112 Å². The Morgan fingerprint density at radius 3 is 1.56 bits per heavy atom. The van der Waals surface area contributed by atoms with Gasteiger partial charge in [0.1, 0.15) is 5.78 Å². The van der Waals surface area contributed by atoms with Crippen molar-refractivity contribution in [1.29, 1.82) is 0 Å². The predicted molar refractivity (Wildman–Crippen MR) is 75.7 cm³/mol. The van der Waals surface area contributed by atoms with Crippen LogP contribution in [-0.4, -0.2) is 17.0 Å². The molecule has 1 aliphatic rings. The molecule has 0 atom stereocenters. The second-order valence-corrected chi connectivity index (χ2v) is 5.81. The van der Waals surface area contributed by atoms with Crippen LogP contribution in [0.1, 0.15) is 89.9 Å². The van der Waals surface area contributed by atoms with Gasteiger partial charge in [0.2, 0.25) is 0 Å². The Morgan fingerprint density at radius 2 is 1.06 bits per heavy atom.